The van der Waals surface area contributed by atoms with Gasteiger partial charge >= 0.3 is 0 Å². The van der Waals surface area contributed by atoms with Gasteiger partial charge in [-0.2, -0.15) is 0 Å². The zero-order valence-electron chi connectivity index (χ0n) is 12.3. The SMILES string of the molecule is CCCCCCCCCC(=O)CC(C)CCC. The van der Waals surface area contributed by atoms with E-state index in [4.69, 9.17) is 0 Å². The molecule has 1 heteroatoms. The minimum atomic E-state index is 0.486. The second kappa shape index (κ2) is 12.1. The van der Waals surface area contributed by atoms with Crippen molar-refractivity contribution in [3.8, 4) is 0 Å². The molecule has 1 unspecified atom stereocenters. The molecular formula is C16H32O. The highest BCUT2D eigenvalue weighted by molar-refractivity contribution is 5.78. The van der Waals surface area contributed by atoms with Crippen LogP contribution in [0.2, 0.25) is 0 Å². The Morgan fingerprint density at radius 1 is 0.882 bits per heavy atom. The molecule has 0 spiro atoms. The smallest absolute Gasteiger partial charge is 0.133 e. The van der Waals surface area contributed by atoms with Crippen LogP contribution >= 0.6 is 0 Å². The van der Waals surface area contributed by atoms with Crippen molar-refractivity contribution >= 4 is 5.78 Å². The second-order valence-electron chi connectivity index (χ2n) is 5.51. The molecule has 0 fully saturated rings. The van der Waals surface area contributed by atoms with E-state index in [2.05, 4.69) is 20.8 Å². The van der Waals surface area contributed by atoms with Crippen LogP contribution in [0.4, 0.5) is 0 Å². The van der Waals surface area contributed by atoms with Crippen molar-refractivity contribution < 1.29 is 4.79 Å². The third-order valence-electron chi connectivity index (χ3n) is 3.42. The molecule has 1 atom stereocenters. The number of hydrogen-bond donors (Lipinski definition) is 0. The van der Waals surface area contributed by atoms with E-state index in [1.165, 1.54) is 51.4 Å². The summed E-state index contributed by atoms with van der Waals surface area (Å²) in [5, 5.41) is 0. The van der Waals surface area contributed by atoms with Gasteiger partial charge in [-0.1, -0.05) is 72.1 Å². The number of carbonyl (C=O) groups excluding carboxylic acids is 1. The number of unbranched alkanes of at least 4 members (excludes halogenated alkanes) is 6. The number of hydrogen-bond acceptors (Lipinski definition) is 1. The second-order valence-corrected chi connectivity index (χ2v) is 5.51. The molecule has 102 valence electrons. The molecule has 0 aliphatic heterocycles. The lowest BCUT2D eigenvalue weighted by atomic mass is 9.97. The molecule has 0 aromatic carbocycles. The molecule has 0 heterocycles. The summed E-state index contributed by atoms with van der Waals surface area (Å²) in [4.78, 5) is 11.7. The Morgan fingerprint density at radius 2 is 1.47 bits per heavy atom. The van der Waals surface area contributed by atoms with Crippen molar-refractivity contribution in [1.82, 2.24) is 0 Å². The van der Waals surface area contributed by atoms with Gasteiger partial charge in [-0.05, 0) is 12.3 Å². The van der Waals surface area contributed by atoms with E-state index in [9.17, 15) is 4.79 Å². The molecule has 0 saturated carbocycles. The van der Waals surface area contributed by atoms with Gasteiger partial charge in [0.15, 0.2) is 0 Å². The summed E-state index contributed by atoms with van der Waals surface area (Å²) in [6.07, 6.45) is 13.1. The average Bonchev–Trinajstić information content (AvgIpc) is 2.28. The third-order valence-corrected chi connectivity index (χ3v) is 3.42. The largest absolute Gasteiger partial charge is 0.300 e. The highest BCUT2D eigenvalue weighted by Crippen LogP contribution is 2.14. The topological polar surface area (TPSA) is 17.1 Å². The Bertz CT molecular complexity index is 174. The summed E-state index contributed by atoms with van der Waals surface area (Å²) in [5.41, 5.74) is 0. The van der Waals surface area contributed by atoms with Gasteiger partial charge in [0.2, 0.25) is 0 Å². The molecule has 0 aromatic heterocycles. The van der Waals surface area contributed by atoms with E-state index in [0.717, 1.165) is 19.3 Å². The summed E-state index contributed by atoms with van der Waals surface area (Å²) < 4.78 is 0. The normalized spacial score (nSPS) is 12.6. The molecule has 0 amide bonds. The maximum absolute atomic E-state index is 11.7. The quantitative estimate of drug-likeness (QED) is 0.410. The van der Waals surface area contributed by atoms with Crippen molar-refractivity contribution in [3.63, 3.8) is 0 Å². The first-order valence-electron chi connectivity index (χ1n) is 7.72. The zero-order valence-corrected chi connectivity index (χ0v) is 12.3. The van der Waals surface area contributed by atoms with Crippen molar-refractivity contribution in [2.45, 2.75) is 91.4 Å². The Balaban J connectivity index is 3.27. The van der Waals surface area contributed by atoms with Gasteiger partial charge in [0.1, 0.15) is 5.78 Å². The molecule has 0 bridgehead atoms. The Labute approximate surface area is 108 Å². The van der Waals surface area contributed by atoms with Gasteiger partial charge in [-0.25, -0.2) is 0 Å². The monoisotopic (exact) mass is 240 g/mol. The summed E-state index contributed by atoms with van der Waals surface area (Å²) in [6, 6.07) is 0. The van der Waals surface area contributed by atoms with E-state index in [0.29, 0.717) is 11.7 Å². The fourth-order valence-electron chi connectivity index (χ4n) is 2.36. The molecule has 0 aliphatic carbocycles. The van der Waals surface area contributed by atoms with Crippen molar-refractivity contribution in [2.75, 3.05) is 0 Å². The Kier molecular flexibility index (Phi) is 11.9. The van der Waals surface area contributed by atoms with Crippen LogP contribution in [0.15, 0.2) is 0 Å². The van der Waals surface area contributed by atoms with Gasteiger partial charge < -0.3 is 0 Å². The van der Waals surface area contributed by atoms with Crippen molar-refractivity contribution in [2.24, 2.45) is 5.92 Å². The zero-order chi connectivity index (χ0) is 12.9. The summed E-state index contributed by atoms with van der Waals surface area (Å²) in [5.74, 6) is 1.08. The first-order valence-corrected chi connectivity index (χ1v) is 7.72. The van der Waals surface area contributed by atoms with Gasteiger partial charge in [0.25, 0.3) is 0 Å². The Morgan fingerprint density at radius 3 is 2.06 bits per heavy atom. The molecule has 1 nitrogen and oxygen atoms in total. The van der Waals surface area contributed by atoms with E-state index in [1.807, 2.05) is 0 Å². The molecule has 0 radical (unpaired) electrons. The summed E-state index contributed by atoms with van der Waals surface area (Å²) in [6.45, 7) is 6.64. The van der Waals surface area contributed by atoms with Gasteiger partial charge in [0.05, 0.1) is 0 Å². The van der Waals surface area contributed by atoms with Crippen LogP contribution in [0.5, 0.6) is 0 Å². The number of Topliss-reactive ketones (excluding diaryl/α,β-unsaturated/α-hetero) is 1. The van der Waals surface area contributed by atoms with Crippen LogP contribution in [0.1, 0.15) is 91.4 Å². The molecule has 0 saturated heterocycles. The summed E-state index contributed by atoms with van der Waals surface area (Å²) in [7, 11) is 0. The van der Waals surface area contributed by atoms with Crippen LogP contribution < -0.4 is 0 Å². The van der Waals surface area contributed by atoms with Gasteiger partial charge in [0, 0.05) is 12.8 Å². The lowest BCUT2D eigenvalue weighted by molar-refractivity contribution is -0.120. The van der Waals surface area contributed by atoms with Crippen molar-refractivity contribution in [1.29, 1.82) is 0 Å². The van der Waals surface area contributed by atoms with Gasteiger partial charge in [-0.3, -0.25) is 4.79 Å². The lowest BCUT2D eigenvalue weighted by Gasteiger charge is -2.08. The first-order chi connectivity index (χ1) is 8.20. The number of carbonyl (C=O) groups is 1. The fourth-order valence-corrected chi connectivity index (χ4v) is 2.36. The number of rotatable bonds is 12. The minimum absolute atomic E-state index is 0.486. The van der Waals surface area contributed by atoms with Crippen molar-refractivity contribution in [3.05, 3.63) is 0 Å². The van der Waals surface area contributed by atoms with Crippen LogP contribution in [-0.2, 0) is 4.79 Å². The van der Waals surface area contributed by atoms with Crippen LogP contribution in [-0.4, -0.2) is 5.78 Å². The molecular weight excluding hydrogens is 208 g/mol. The summed E-state index contributed by atoms with van der Waals surface area (Å²) >= 11 is 0. The van der Waals surface area contributed by atoms with Crippen LogP contribution in [0.3, 0.4) is 0 Å². The van der Waals surface area contributed by atoms with Crippen LogP contribution in [0.25, 0.3) is 0 Å². The third kappa shape index (κ3) is 11.9. The van der Waals surface area contributed by atoms with Crippen LogP contribution in [0, 0.1) is 5.92 Å². The number of ketones is 1. The maximum Gasteiger partial charge on any atom is 0.133 e. The first kappa shape index (κ1) is 16.7. The average molecular weight is 240 g/mol. The molecule has 0 aromatic rings. The van der Waals surface area contributed by atoms with E-state index >= 15 is 0 Å². The molecule has 0 N–H and O–H groups in total. The standard InChI is InChI=1S/C16H32O/c1-4-6-7-8-9-10-11-13-16(17)14-15(3)12-5-2/h15H,4-14H2,1-3H3. The molecule has 0 aliphatic rings. The van der Waals surface area contributed by atoms with E-state index in [-0.39, 0.29) is 0 Å². The van der Waals surface area contributed by atoms with Gasteiger partial charge in [-0.15, -0.1) is 0 Å². The fraction of sp³-hybridized carbons (Fsp3) is 0.938. The predicted molar refractivity (Wildman–Crippen MR) is 76.3 cm³/mol. The molecule has 0 rings (SSSR count). The highest BCUT2D eigenvalue weighted by atomic mass is 16.1. The van der Waals surface area contributed by atoms with E-state index in [1.54, 1.807) is 0 Å². The van der Waals surface area contributed by atoms with E-state index < -0.39 is 0 Å². The highest BCUT2D eigenvalue weighted by Gasteiger charge is 2.07. The maximum atomic E-state index is 11.7. The Hall–Kier alpha value is -0.330. The minimum Gasteiger partial charge on any atom is -0.300 e. The molecule has 17 heavy (non-hydrogen) atoms. The predicted octanol–water partition coefficient (Wildman–Crippen LogP) is 5.52. The lowest BCUT2D eigenvalue weighted by Crippen LogP contribution is -2.05.